The van der Waals surface area contributed by atoms with E-state index in [9.17, 15) is 0 Å². The van der Waals surface area contributed by atoms with Crippen LogP contribution in [0.2, 0.25) is 0 Å². The molecule has 44 heavy (non-hydrogen) atoms. The Morgan fingerprint density at radius 3 is 2.39 bits per heavy atom. The number of benzene rings is 4. The third-order valence-corrected chi connectivity index (χ3v) is 9.17. The van der Waals surface area contributed by atoms with Gasteiger partial charge < -0.3 is 19.3 Å². The molecule has 0 saturated carbocycles. The summed E-state index contributed by atoms with van der Waals surface area (Å²) < 4.78 is 10.5. The molecule has 1 saturated heterocycles. The van der Waals surface area contributed by atoms with Gasteiger partial charge in [0, 0.05) is 55.3 Å². The maximum atomic E-state index is 6.39. The Bertz CT molecular complexity index is 2020. The van der Waals surface area contributed by atoms with Gasteiger partial charge in [-0.3, -0.25) is 4.57 Å². The third kappa shape index (κ3) is 4.33. The normalized spacial score (nSPS) is 15.7. The number of rotatable bonds is 4. The van der Waals surface area contributed by atoms with Crippen LogP contribution in [0.1, 0.15) is 27.7 Å². The molecule has 0 radical (unpaired) electrons. The minimum Gasteiger partial charge on any atom is -0.654 e. The first-order valence-corrected chi connectivity index (χ1v) is 14.6. The van der Waals surface area contributed by atoms with Gasteiger partial charge in [0.2, 0.25) is 5.88 Å². The molecule has 220 valence electrons. The predicted molar refractivity (Wildman–Crippen MR) is 172 cm³/mol. The zero-order valence-electron chi connectivity index (χ0n) is 24.9. The van der Waals surface area contributed by atoms with Gasteiger partial charge in [0.1, 0.15) is 0 Å². The summed E-state index contributed by atoms with van der Waals surface area (Å²) in [5.41, 5.74) is 7.87. The van der Waals surface area contributed by atoms with Crippen molar-refractivity contribution in [2.45, 2.75) is 38.8 Å². The zero-order chi connectivity index (χ0) is 29.3. The number of anilines is 1. The van der Waals surface area contributed by atoms with Gasteiger partial charge >= 0.3 is 0 Å². The average molecular weight is 755 g/mol. The Balaban J connectivity index is 0.00000312. The number of para-hydroxylation sites is 4. The molecular weight excluding hydrogens is 724 g/mol. The number of fused-ring (bicyclic) bond motifs is 7. The maximum Gasteiger partial charge on any atom is 0.268 e. The number of imidazole rings is 1. The molecule has 2 aliphatic heterocycles. The second kappa shape index (κ2) is 10.5. The number of ether oxygens (including phenoxy) is 1. The van der Waals surface area contributed by atoms with Crippen LogP contribution >= 0.6 is 0 Å². The third-order valence-electron chi connectivity index (χ3n) is 9.17. The number of hydrogen-bond acceptors (Lipinski definition) is 3. The summed E-state index contributed by atoms with van der Waals surface area (Å²) >= 11 is 0. The van der Waals surface area contributed by atoms with Gasteiger partial charge in [-0.25, -0.2) is 4.98 Å². The summed E-state index contributed by atoms with van der Waals surface area (Å²) in [5, 5.41) is 5.28. The molecule has 0 atom stereocenters. The summed E-state index contributed by atoms with van der Waals surface area (Å²) in [6.07, 6.45) is 3.52. The first-order chi connectivity index (χ1) is 20.8. The number of hydrogen-bond donors (Lipinski definition) is 0. The average Bonchev–Trinajstić information content (AvgIpc) is 3.50. The van der Waals surface area contributed by atoms with Gasteiger partial charge in [0.25, 0.3) is 6.33 Å². The van der Waals surface area contributed by atoms with E-state index in [1.165, 1.54) is 11.3 Å². The van der Waals surface area contributed by atoms with Gasteiger partial charge in [-0.05, 0) is 49.4 Å². The molecule has 6 aromatic rings. The Hall–Kier alpha value is -4.19. The van der Waals surface area contributed by atoms with E-state index < -0.39 is 0 Å². The standard InChI is InChI=1S/C36H30BN5O.Pt/c1-35(2)36(3,4)42-30-18-9-8-17-28(30)29-21-22-33(38-34(29)37(42)39-35)43-27-16-12-15-26(23-27)41-24-40(25-13-6-5-7-14-25)31-19-10-11-20-32(31)41;/h5-22H,1-4H3;/q-2;. The van der Waals surface area contributed by atoms with Gasteiger partial charge in [-0.2, -0.15) is 12.1 Å². The quantitative estimate of drug-likeness (QED) is 0.113. The second-order valence-corrected chi connectivity index (χ2v) is 12.2. The van der Waals surface area contributed by atoms with Crippen LogP contribution in [0.4, 0.5) is 5.69 Å². The SMILES string of the molecule is CC1(C)[N-]B2c3nc(Oc4[c-]c(-n5[c-][n+](-c6ccccc6)c6ccccc65)ccc4)ccc3-c3ccccc3N2C1(C)C.[Pt]. The molecule has 0 unspecified atom stereocenters. The van der Waals surface area contributed by atoms with Crippen LogP contribution in [0.5, 0.6) is 11.6 Å². The fourth-order valence-corrected chi connectivity index (χ4v) is 6.33. The molecule has 0 amide bonds. The largest absolute Gasteiger partial charge is 0.654 e. The second-order valence-electron chi connectivity index (χ2n) is 12.2. The van der Waals surface area contributed by atoms with E-state index in [-0.39, 0.29) is 39.1 Å². The van der Waals surface area contributed by atoms with Crippen LogP contribution in [0, 0.1) is 12.4 Å². The first kappa shape index (κ1) is 28.6. The summed E-state index contributed by atoms with van der Waals surface area (Å²) in [5.74, 6) is 1.10. The maximum absolute atomic E-state index is 6.39. The van der Waals surface area contributed by atoms with E-state index in [2.05, 4.69) is 104 Å². The topological polar surface area (TPSA) is 48.3 Å². The van der Waals surface area contributed by atoms with Crippen molar-refractivity contribution in [1.82, 2.24) is 9.55 Å². The predicted octanol–water partition coefficient (Wildman–Crippen LogP) is 6.82. The smallest absolute Gasteiger partial charge is 0.268 e. The summed E-state index contributed by atoms with van der Waals surface area (Å²) in [6.45, 7) is 8.75. The van der Waals surface area contributed by atoms with E-state index in [0.29, 0.717) is 11.6 Å². The molecule has 0 spiro atoms. The van der Waals surface area contributed by atoms with Crippen LogP contribution in [0.15, 0.2) is 109 Å². The Kier molecular flexibility index (Phi) is 6.80. The van der Waals surface area contributed by atoms with Crippen molar-refractivity contribution in [3.63, 3.8) is 0 Å². The molecule has 8 heteroatoms. The van der Waals surface area contributed by atoms with Gasteiger partial charge in [-0.15, -0.1) is 17.7 Å². The van der Waals surface area contributed by atoms with Crippen molar-refractivity contribution in [3.8, 4) is 34.1 Å². The molecule has 8 rings (SSSR count). The van der Waals surface area contributed by atoms with E-state index in [0.717, 1.165) is 33.6 Å². The first-order valence-electron chi connectivity index (χ1n) is 14.6. The fourth-order valence-electron chi connectivity index (χ4n) is 6.33. The summed E-state index contributed by atoms with van der Waals surface area (Å²) in [7, 11) is 0. The van der Waals surface area contributed by atoms with Crippen LogP contribution in [-0.2, 0) is 21.1 Å². The van der Waals surface area contributed by atoms with E-state index in [1.54, 1.807) is 0 Å². The van der Waals surface area contributed by atoms with E-state index in [4.69, 9.17) is 14.9 Å². The molecule has 2 aliphatic rings. The fraction of sp³-hybridized carbons (Fsp3) is 0.167. The zero-order valence-corrected chi connectivity index (χ0v) is 27.2. The minimum atomic E-state index is -0.264. The Morgan fingerprint density at radius 1 is 0.795 bits per heavy atom. The van der Waals surface area contributed by atoms with Crippen molar-refractivity contribution >= 4 is 29.3 Å². The number of pyridine rings is 1. The van der Waals surface area contributed by atoms with Gasteiger partial charge in [-0.1, -0.05) is 74.5 Å². The number of aromatic nitrogens is 3. The molecule has 0 bridgehead atoms. The van der Waals surface area contributed by atoms with Crippen LogP contribution in [0.25, 0.3) is 38.8 Å². The molecule has 0 aliphatic carbocycles. The van der Waals surface area contributed by atoms with Gasteiger partial charge in [0.05, 0.1) is 16.7 Å². The van der Waals surface area contributed by atoms with Crippen molar-refractivity contribution in [1.29, 1.82) is 0 Å². The molecule has 0 N–H and O–H groups in total. The summed E-state index contributed by atoms with van der Waals surface area (Å²) in [6, 6.07) is 40.5. The molecule has 1 fully saturated rings. The number of nitrogens with zero attached hydrogens (tertiary/aromatic N) is 5. The van der Waals surface area contributed by atoms with E-state index in [1.807, 2.05) is 59.2 Å². The van der Waals surface area contributed by atoms with Crippen molar-refractivity contribution < 1.29 is 30.4 Å². The van der Waals surface area contributed by atoms with Crippen molar-refractivity contribution in [2.75, 3.05) is 4.81 Å². The monoisotopic (exact) mass is 754 g/mol. The van der Waals surface area contributed by atoms with Crippen LogP contribution in [0.3, 0.4) is 0 Å². The molecule has 4 aromatic carbocycles. The van der Waals surface area contributed by atoms with Gasteiger partial charge in [0.15, 0.2) is 6.98 Å². The summed E-state index contributed by atoms with van der Waals surface area (Å²) in [4.78, 5) is 7.50. The van der Waals surface area contributed by atoms with E-state index >= 15 is 0 Å². The molecule has 4 heterocycles. The molecular formula is C36H30BN5OPt-2. The van der Waals surface area contributed by atoms with Crippen molar-refractivity contribution in [3.05, 3.63) is 127 Å². The molecule has 6 nitrogen and oxygen atoms in total. The minimum absolute atomic E-state index is 0. The molecule has 2 aromatic heterocycles. The van der Waals surface area contributed by atoms with Crippen molar-refractivity contribution in [2.24, 2.45) is 0 Å². The Labute approximate surface area is 272 Å². The van der Waals surface area contributed by atoms with Crippen LogP contribution in [-0.4, -0.2) is 27.6 Å². The van der Waals surface area contributed by atoms with Crippen LogP contribution < -0.4 is 19.7 Å². The Morgan fingerprint density at radius 2 is 1.55 bits per heavy atom.